The number of aryl methyl sites for hydroxylation is 16. The van der Waals surface area contributed by atoms with E-state index >= 15 is 0 Å². The quantitative estimate of drug-likeness (QED) is 0.131. The molecular formula is C107H112N9O4+5. The predicted molar refractivity (Wildman–Crippen MR) is 492 cm³/mol. The van der Waals surface area contributed by atoms with E-state index in [9.17, 15) is 0 Å². The average Bonchev–Trinajstić information content (AvgIpc) is 1.51. The first kappa shape index (κ1) is 64.2. The summed E-state index contributed by atoms with van der Waals surface area (Å²) in [6.07, 6.45) is 6.98. The summed E-state index contributed by atoms with van der Waals surface area (Å²) in [5.41, 5.74) is 27.3. The minimum Gasteiger partial charge on any atom is -0.437 e. The zero-order valence-electron chi connectivity index (χ0n) is 87.9. The summed E-state index contributed by atoms with van der Waals surface area (Å²) in [5.74, 6) is -6.20. The van der Waals surface area contributed by atoms with Gasteiger partial charge in [-0.05, 0) is 216 Å². The van der Waals surface area contributed by atoms with Crippen molar-refractivity contribution in [2.24, 2.45) is 35.2 Å². The highest BCUT2D eigenvalue weighted by Crippen LogP contribution is 2.43. The summed E-state index contributed by atoms with van der Waals surface area (Å²) in [4.78, 5) is 18.1. The molecule has 0 aliphatic carbocycles. The lowest BCUT2D eigenvalue weighted by atomic mass is 9.94. The fraction of sp³-hybridized carbons (Fsp3) is 0.262. The van der Waals surface area contributed by atoms with Crippen molar-refractivity contribution in [2.75, 3.05) is 0 Å². The van der Waals surface area contributed by atoms with Crippen molar-refractivity contribution in [1.82, 2.24) is 19.9 Å². The van der Waals surface area contributed by atoms with E-state index in [-0.39, 0.29) is 11.1 Å². The first-order chi connectivity index (χ1) is 63.6. The van der Waals surface area contributed by atoms with Crippen LogP contribution in [0.1, 0.15) is 185 Å². The van der Waals surface area contributed by atoms with E-state index in [4.69, 9.17) is 39.6 Å². The number of rotatable bonds is 9. The third-order valence-corrected chi connectivity index (χ3v) is 22.8. The van der Waals surface area contributed by atoms with Crippen LogP contribution < -0.4 is 22.8 Å². The van der Waals surface area contributed by atoms with Crippen LogP contribution in [0.5, 0.6) is 0 Å². The van der Waals surface area contributed by atoms with E-state index in [0.29, 0.717) is 56.4 Å². The molecule has 0 amide bonds. The number of aromatic nitrogens is 9. The average molecular weight is 1600 g/mol. The second-order valence-corrected chi connectivity index (χ2v) is 32.0. The van der Waals surface area contributed by atoms with Crippen LogP contribution in [0.3, 0.4) is 0 Å². The van der Waals surface area contributed by atoms with Gasteiger partial charge in [-0.3, -0.25) is 0 Å². The van der Waals surface area contributed by atoms with Crippen molar-refractivity contribution < 1.29 is 62.4 Å². The highest BCUT2D eigenvalue weighted by Gasteiger charge is 2.29. The van der Waals surface area contributed by atoms with Gasteiger partial charge in [0.2, 0.25) is 56.8 Å². The molecule has 13 heteroatoms. The van der Waals surface area contributed by atoms with Gasteiger partial charge in [0, 0.05) is 158 Å². The van der Waals surface area contributed by atoms with Crippen LogP contribution in [0.25, 0.3) is 155 Å². The molecule has 0 spiro atoms. The van der Waals surface area contributed by atoms with E-state index in [1.165, 1.54) is 60.8 Å². The van der Waals surface area contributed by atoms with E-state index in [0.717, 1.165) is 144 Å². The third kappa shape index (κ3) is 15.9. The molecule has 6 aromatic carbocycles. The van der Waals surface area contributed by atoms with Crippen LogP contribution in [-0.2, 0) is 35.2 Å². The van der Waals surface area contributed by atoms with Crippen LogP contribution in [0.2, 0.25) is 0 Å². The van der Waals surface area contributed by atoms with Gasteiger partial charge in [0.15, 0.2) is 47.1 Å². The maximum atomic E-state index is 8.64. The number of hydrogen-bond donors (Lipinski definition) is 0. The Morgan fingerprint density at radius 1 is 0.308 bits per heavy atom. The maximum Gasteiger partial charge on any atom is 0.227 e. The molecule has 0 fully saturated rings. The van der Waals surface area contributed by atoms with Gasteiger partial charge in [-0.25, -0.2) is 38.2 Å². The topological polar surface area (TPSA) is 124 Å². The fourth-order valence-corrected chi connectivity index (χ4v) is 16.2. The van der Waals surface area contributed by atoms with Crippen molar-refractivity contribution in [2.45, 2.75) is 155 Å². The van der Waals surface area contributed by atoms with Gasteiger partial charge in [-0.15, -0.1) is 0 Å². The Kier molecular flexibility index (Phi) is 17.9. The standard InChI is InChI=1S/2C23H25N2O.2C22H23N2O.C17H16N/c1-13(2)19-11-20(25(6)12-15(19)4)21-14(3)7-9-17-18-10-8-16(5)24-23(18)26-22(17)21;1-13(2)19-12-25(6)20(11-15(19)4)21-14(3)7-9-17-18-10-8-16(5)24-23(18)26-22(17)21;2*1-13(2)16-10-11-24(5)19(12-16)20-14(3)6-8-17-18-9-7-15(4)23-22(18)25-21(17)20;1-13-7-3-5-9-15(13)17-12-11-14-8-4-6-10-16(14)18(17)2/h2*7-13H,1-6H3;2*6-13H,1-5H3;3-12H,1-2H3/q5*+1/i1D3,4D3,13D;2*1D3,13D;13D;. The van der Waals surface area contributed by atoms with Gasteiger partial charge in [0.25, 0.3) is 0 Å². The van der Waals surface area contributed by atoms with Gasteiger partial charge in [-0.1, -0.05) is 134 Å². The Morgan fingerprint density at radius 2 is 0.683 bits per heavy atom. The van der Waals surface area contributed by atoms with Gasteiger partial charge >= 0.3 is 0 Å². The molecular weight excluding hydrogens is 1480 g/mol. The molecule has 19 aromatic rings. The van der Waals surface area contributed by atoms with Crippen LogP contribution in [0.15, 0.2) is 237 Å². The largest absolute Gasteiger partial charge is 0.437 e. The molecule has 0 saturated heterocycles. The lowest BCUT2D eigenvalue weighted by Crippen LogP contribution is -2.32. The molecule has 3 atom stereocenters. The molecule has 0 radical (unpaired) electrons. The summed E-state index contributed by atoms with van der Waals surface area (Å²) in [6.45, 7) is 17.5. The van der Waals surface area contributed by atoms with Crippen molar-refractivity contribution in [3.8, 4) is 56.3 Å². The van der Waals surface area contributed by atoms with Gasteiger partial charge in [-0.2, -0.15) is 4.57 Å². The normalized spacial score (nSPS) is 15.6. The molecule has 3 unspecified atom stereocenters. The van der Waals surface area contributed by atoms with Gasteiger partial charge in [0.05, 0.1) is 22.3 Å². The van der Waals surface area contributed by atoms with Gasteiger partial charge in [0.1, 0.15) is 35.2 Å². The number of furan rings is 4. The molecule has 0 bridgehead atoms. The minimum absolute atomic E-state index is 0.0583. The van der Waals surface area contributed by atoms with E-state index in [1.807, 2.05) is 191 Å². The monoisotopic (exact) mass is 1600 g/mol. The molecule has 0 N–H and O–H groups in total. The number of fused-ring (bicyclic) bond motifs is 13. The summed E-state index contributed by atoms with van der Waals surface area (Å²) >= 11 is 0. The SMILES string of the molecule is Cc1ccccc1-c1ccc2ccccc2[n+]1C.[2H]C(C)(C)c1cc[n+](C)c(-c2c(C)ccc3c2oc2nc(C)ccc23)c1.[2H]C([2H])([2H])C([2H])(C)c1c[n+](C)c(-c2c(C)ccc3c2oc2nc(C)ccc23)cc1C.[2H]C([2H])([2H])C([2H])(C)c1cc[n+](C)c(-c2c(C)ccc3c2oc2nc(C)ccc23)c1.[2H]C([2H])([2H])c1c[n+](C)c(-c2c(C)ccc3c2oc2nc(C)ccc23)cc1C([2H])(C)C([2H])([2H])[2H]. The number of benzene rings is 6. The zero-order valence-corrected chi connectivity index (χ0v) is 71.9. The molecule has 604 valence electrons. The number of para-hydroxylation sites is 1. The first-order valence-electron chi connectivity index (χ1n) is 48.3. The Bertz CT molecular complexity index is 7960. The maximum absolute atomic E-state index is 8.64. The molecule has 0 saturated carbocycles. The van der Waals surface area contributed by atoms with Crippen LogP contribution in [0, 0.1) is 76.1 Å². The van der Waals surface area contributed by atoms with E-state index in [2.05, 4.69) is 141 Å². The summed E-state index contributed by atoms with van der Waals surface area (Å²) < 4.78 is 163. The molecule has 0 aliphatic rings. The minimum atomic E-state index is -2.73. The summed E-state index contributed by atoms with van der Waals surface area (Å²) in [7, 11) is 9.63. The van der Waals surface area contributed by atoms with Crippen LogP contribution >= 0.6 is 0 Å². The molecule has 13 aromatic heterocycles. The lowest BCUT2D eigenvalue weighted by Gasteiger charge is -2.12. The lowest BCUT2D eigenvalue weighted by molar-refractivity contribution is -0.661. The summed E-state index contributed by atoms with van der Waals surface area (Å²) in [6, 6.07) is 64.6. The fourth-order valence-electron chi connectivity index (χ4n) is 16.2. The Hall–Kier alpha value is -12.9. The summed E-state index contributed by atoms with van der Waals surface area (Å²) in [5, 5.41) is 8.95. The van der Waals surface area contributed by atoms with Crippen molar-refractivity contribution in [3.05, 3.63) is 303 Å². The van der Waals surface area contributed by atoms with Crippen molar-refractivity contribution in [1.29, 1.82) is 0 Å². The number of hydrogen-bond acceptors (Lipinski definition) is 8. The molecule has 19 rings (SSSR count). The van der Waals surface area contributed by atoms with E-state index < -0.39 is 51.0 Å². The highest BCUT2D eigenvalue weighted by atomic mass is 16.4. The second kappa shape index (κ2) is 33.5. The number of pyridine rings is 9. The molecule has 0 aliphatic heterocycles. The first-order valence-corrected chi connectivity index (χ1v) is 40.3. The number of nitrogens with zero attached hydrogens (tertiary/aromatic N) is 9. The van der Waals surface area contributed by atoms with Crippen LogP contribution in [0.4, 0.5) is 0 Å². The smallest absolute Gasteiger partial charge is 0.227 e. The zero-order chi connectivity index (χ0) is 98.8. The second-order valence-electron chi connectivity index (χ2n) is 32.0. The third-order valence-electron chi connectivity index (χ3n) is 22.8. The molecule has 13 nitrogen and oxygen atoms in total. The molecule has 13 heterocycles. The molecule has 120 heavy (non-hydrogen) atoms. The van der Waals surface area contributed by atoms with E-state index in [1.54, 1.807) is 36.1 Å². The highest BCUT2D eigenvalue weighted by molar-refractivity contribution is 6.12. The van der Waals surface area contributed by atoms with Crippen LogP contribution in [-0.4, -0.2) is 19.9 Å². The Morgan fingerprint density at radius 3 is 1.10 bits per heavy atom. The van der Waals surface area contributed by atoms with Crippen molar-refractivity contribution >= 4 is 99.2 Å². The predicted octanol–water partition coefficient (Wildman–Crippen LogP) is 25.1. The van der Waals surface area contributed by atoms with Gasteiger partial charge < -0.3 is 17.7 Å². The Labute approximate surface area is 727 Å². The van der Waals surface area contributed by atoms with Crippen molar-refractivity contribution in [3.63, 3.8) is 0 Å². The Balaban J connectivity index is 0.000000131.